The number of hydrogen-bond donors (Lipinski definition) is 1. The highest BCUT2D eigenvalue weighted by Gasteiger charge is 2.22. The van der Waals surface area contributed by atoms with Gasteiger partial charge in [-0.25, -0.2) is 13.0 Å². The van der Waals surface area contributed by atoms with Gasteiger partial charge in [-0.05, 0) is 12.8 Å². The van der Waals surface area contributed by atoms with Crippen molar-refractivity contribution in [2.24, 2.45) is 0 Å². The van der Waals surface area contributed by atoms with E-state index in [-0.39, 0.29) is 31.1 Å². The Morgan fingerprint density at radius 2 is 1.21 bits per heavy atom. The summed E-state index contributed by atoms with van der Waals surface area (Å²) in [6, 6.07) is 0. The number of unbranched alkanes of at least 4 members (excludes halogenated alkanes) is 9. The normalized spacial score (nSPS) is 14.8. The van der Waals surface area contributed by atoms with Crippen LogP contribution >= 0.6 is 7.82 Å². The molecule has 0 aromatic heterocycles. The molecule has 0 aromatic carbocycles. The van der Waals surface area contributed by atoms with E-state index in [1.54, 1.807) is 0 Å². The predicted octanol–water partition coefficient (Wildman–Crippen LogP) is 4.55. The maximum Gasteiger partial charge on any atom is 0.472 e. The minimum atomic E-state index is -4.11. The first-order chi connectivity index (χ1) is 13.5. The number of rotatable bonds is 20. The molecule has 0 aliphatic rings. The smallest absolute Gasteiger partial charge is 0.329 e. The lowest BCUT2D eigenvalue weighted by molar-refractivity contribution is -0.870. The van der Waals surface area contributed by atoms with Crippen molar-refractivity contribution < 1.29 is 31.4 Å². The van der Waals surface area contributed by atoms with Crippen LogP contribution in [0.3, 0.4) is 0 Å². The molecule has 0 saturated carbocycles. The first kappa shape index (κ1) is 29.0. The van der Waals surface area contributed by atoms with Gasteiger partial charge in [-0.3, -0.25) is 9.05 Å². The molecule has 0 amide bonds. The van der Waals surface area contributed by atoms with Crippen LogP contribution in [0.4, 0.5) is 0 Å². The highest BCUT2D eigenvalue weighted by Crippen LogP contribution is 2.43. The fourth-order valence-corrected chi connectivity index (χ4v) is 4.99. The Bertz CT molecular complexity index is 548. The Morgan fingerprint density at radius 3 is 1.72 bits per heavy atom. The molecule has 0 bridgehead atoms. The van der Waals surface area contributed by atoms with Crippen LogP contribution in [0.1, 0.15) is 77.6 Å². The van der Waals surface area contributed by atoms with E-state index in [1.165, 1.54) is 44.9 Å². The van der Waals surface area contributed by atoms with Gasteiger partial charge in [0.05, 0.1) is 39.3 Å². The minimum absolute atomic E-state index is 0.0245. The fraction of sp³-hybridized carbons (Fsp3) is 1.00. The number of phosphoric ester groups is 1. The third-order valence-electron chi connectivity index (χ3n) is 4.68. The van der Waals surface area contributed by atoms with E-state index in [1.807, 2.05) is 21.1 Å². The Balaban J connectivity index is 3.71. The van der Waals surface area contributed by atoms with Crippen LogP contribution in [0, 0.1) is 0 Å². The molecule has 1 unspecified atom stereocenters. The monoisotopic (exact) mass is 458 g/mol. The summed E-state index contributed by atoms with van der Waals surface area (Å²) in [6.07, 6.45) is 11.8. The Kier molecular flexibility index (Phi) is 15.8. The van der Waals surface area contributed by atoms with Crippen LogP contribution in [0.25, 0.3) is 0 Å². The highest BCUT2D eigenvalue weighted by atomic mass is 32.2. The topological polar surface area (TPSA) is 89.9 Å². The van der Waals surface area contributed by atoms with Gasteiger partial charge in [0.15, 0.2) is 0 Å². The summed E-state index contributed by atoms with van der Waals surface area (Å²) in [7, 11) is -1.40. The van der Waals surface area contributed by atoms with Gasteiger partial charge < -0.3 is 9.38 Å². The van der Waals surface area contributed by atoms with Gasteiger partial charge in [0.1, 0.15) is 23.0 Å². The molecule has 0 aromatic rings. The lowest BCUT2D eigenvalue weighted by atomic mass is 10.1. The Labute approximate surface area is 179 Å². The molecule has 176 valence electrons. The number of sulfone groups is 1. The molecule has 0 fully saturated rings. The molecule has 0 aliphatic heterocycles. The van der Waals surface area contributed by atoms with Crippen LogP contribution in [0.2, 0.25) is 0 Å². The van der Waals surface area contributed by atoms with Crippen LogP contribution in [0.15, 0.2) is 0 Å². The molecule has 0 rings (SSSR count). The number of nitrogens with zero attached hydrogens (tertiary/aromatic N) is 1. The van der Waals surface area contributed by atoms with Crippen LogP contribution in [-0.2, 0) is 23.4 Å². The van der Waals surface area contributed by atoms with Crippen molar-refractivity contribution in [3.8, 4) is 0 Å². The molecule has 0 saturated heterocycles. The zero-order valence-electron chi connectivity index (χ0n) is 19.1. The molecule has 0 radical (unpaired) electrons. The van der Waals surface area contributed by atoms with E-state index >= 15 is 0 Å². The standard InChI is InChI=1S/C20H44NO6PS/c1-5-6-7-8-9-10-11-12-13-14-19-29(24,25)20-15-17-26-28(22,23)27-18-16-21(2,3)4/h5-20H2,1-4H3/p+1. The second kappa shape index (κ2) is 15.8. The van der Waals surface area contributed by atoms with Crippen molar-refractivity contribution in [1.82, 2.24) is 0 Å². The first-order valence-electron chi connectivity index (χ1n) is 11.1. The third kappa shape index (κ3) is 21.1. The molecule has 0 heterocycles. The summed E-state index contributed by atoms with van der Waals surface area (Å²) < 4.78 is 46.2. The largest absolute Gasteiger partial charge is 0.472 e. The lowest BCUT2D eigenvalue weighted by Gasteiger charge is -2.24. The number of quaternary nitrogens is 1. The van der Waals surface area contributed by atoms with Crippen LogP contribution in [0.5, 0.6) is 0 Å². The van der Waals surface area contributed by atoms with Gasteiger partial charge >= 0.3 is 7.82 Å². The molecule has 0 aliphatic carbocycles. The first-order valence-corrected chi connectivity index (χ1v) is 14.4. The van der Waals surface area contributed by atoms with Gasteiger partial charge in [0.2, 0.25) is 0 Å². The summed E-state index contributed by atoms with van der Waals surface area (Å²) in [5.41, 5.74) is 0. The maximum atomic E-state index is 12.1. The number of hydrogen-bond acceptors (Lipinski definition) is 5. The molecule has 29 heavy (non-hydrogen) atoms. The SMILES string of the molecule is CCCCCCCCCCCCS(=O)(=O)CCCOP(=O)(O)OCC[N+](C)(C)C. The number of likely N-dealkylation sites (N-methyl/N-ethyl adjacent to an activating group) is 1. The molecular weight excluding hydrogens is 413 g/mol. The van der Waals surface area contributed by atoms with E-state index in [9.17, 15) is 17.9 Å². The van der Waals surface area contributed by atoms with E-state index in [0.717, 1.165) is 12.8 Å². The summed E-state index contributed by atoms with van der Waals surface area (Å²) in [5.74, 6) is 0.156. The molecule has 7 nitrogen and oxygen atoms in total. The van der Waals surface area contributed by atoms with E-state index in [4.69, 9.17) is 9.05 Å². The molecule has 1 atom stereocenters. The quantitative estimate of drug-likeness (QED) is 0.163. The van der Waals surface area contributed by atoms with Crippen molar-refractivity contribution in [2.45, 2.75) is 77.6 Å². The van der Waals surface area contributed by atoms with E-state index in [0.29, 0.717) is 17.4 Å². The van der Waals surface area contributed by atoms with Crippen molar-refractivity contribution in [2.75, 3.05) is 52.4 Å². The van der Waals surface area contributed by atoms with Gasteiger partial charge in [-0.15, -0.1) is 0 Å². The zero-order chi connectivity index (χ0) is 22.2. The average Bonchev–Trinajstić information content (AvgIpc) is 2.59. The third-order valence-corrected chi connectivity index (χ3v) is 7.52. The summed E-state index contributed by atoms with van der Waals surface area (Å²) in [6.45, 7) is 2.79. The molecular formula is C20H45NO6PS+. The van der Waals surface area contributed by atoms with Gasteiger partial charge in [-0.2, -0.15) is 0 Å². The van der Waals surface area contributed by atoms with Crippen LogP contribution in [-0.4, -0.2) is 70.2 Å². The predicted molar refractivity (Wildman–Crippen MR) is 120 cm³/mol. The summed E-state index contributed by atoms with van der Waals surface area (Å²) in [4.78, 5) is 9.60. The van der Waals surface area contributed by atoms with Crippen molar-refractivity contribution in [1.29, 1.82) is 0 Å². The molecule has 9 heteroatoms. The zero-order valence-corrected chi connectivity index (χ0v) is 20.8. The molecule has 1 N–H and O–H groups in total. The minimum Gasteiger partial charge on any atom is -0.329 e. The number of phosphoric acid groups is 1. The van der Waals surface area contributed by atoms with Gasteiger partial charge in [-0.1, -0.05) is 64.7 Å². The summed E-state index contributed by atoms with van der Waals surface area (Å²) >= 11 is 0. The second-order valence-corrected chi connectivity index (χ2v) is 12.6. The van der Waals surface area contributed by atoms with Gasteiger partial charge in [0.25, 0.3) is 0 Å². The van der Waals surface area contributed by atoms with Crippen molar-refractivity contribution in [3.63, 3.8) is 0 Å². The van der Waals surface area contributed by atoms with E-state index < -0.39 is 17.7 Å². The van der Waals surface area contributed by atoms with Gasteiger partial charge in [0, 0.05) is 0 Å². The van der Waals surface area contributed by atoms with Crippen molar-refractivity contribution >= 4 is 17.7 Å². The van der Waals surface area contributed by atoms with Crippen molar-refractivity contribution in [3.05, 3.63) is 0 Å². The van der Waals surface area contributed by atoms with Crippen LogP contribution < -0.4 is 0 Å². The summed E-state index contributed by atoms with van der Waals surface area (Å²) in [5, 5.41) is 0. The average molecular weight is 459 g/mol. The maximum absolute atomic E-state index is 12.1. The Hall–Kier alpha value is 0.0200. The fourth-order valence-electron chi connectivity index (χ4n) is 2.84. The highest BCUT2D eigenvalue weighted by molar-refractivity contribution is 7.91. The molecule has 0 spiro atoms. The lowest BCUT2D eigenvalue weighted by Crippen LogP contribution is -2.37. The second-order valence-electron chi connectivity index (χ2n) is 8.84. The Morgan fingerprint density at radius 1 is 0.759 bits per heavy atom. The van der Waals surface area contributed by atoms with E-state index in [2.05, 4.69) is 6.92 Å².